The van der Waals surface area contributed by atoms with Crippen LogP contribution >= 0.6 is 0 Å². The molecule has 5 aromatic carbocycles. The van der Waals surface area contributed by atoms with Gasteiger partial charge in [-0.2, -0.15) is 0 Å². The molecule has 0 saturated carbocycles. The Hall–Kier alpha value is -4.44. The first-order valence-electron chi connectivity index (χ1n) is 11.5. The summed E-state index contributed by atoms with van der Waals surface area (Å²) in [6, 6.07) is 35.4. The van der Waals surface area contributed by atoms with Crippen LogP contribution in [0.2, 0.25) is 0 Å². The van der Waals surface area contributed by atoms with E-state index in [-0.39, 0.29) is 6.71 Å². The molecule has 8 rings (SSSR count). The summed E-state index contributed by atoms with van der Waals surface area (Å²) in [5.41, 5.74) is 7.47. The lowest BCUT2D eigenvalue weighted by Crippen LogP contribution is -2.57. The maximum Gasteiger partial charge on any atom is 0.260 e. The van der Waals surface area contributed by atoms with Crippen molar-refractivity contribution in [2.24, 2.45) is 0 Å². The van der Waals surface area contributed by atoms with Crippen LogP contribution in [0.1, 0.15) is 0 Å². The molecule has 0 bridgehead atoms. The van der Waals surface area contributed by atoms with Gasteiger partial charge in [0.15, 0.2) is 0 Å². The Kier molecular flexibility index (Phi) is 3.48. The molecule has 2 aliphatic heterocycles. The van der Waals surface area contributed by atoms with Crippen molar-refractivity contribution in [2.75, 3.05) is 0 Å². The molecule has 0 unspecified atom stereocenters. The molecule has 3 heterocycles. The predicted molar refractivity (Wildman–Crippen MR) is 137 cm³/mol. The Morgan fingerprint density at radius 3 is 2.18 bits per heavy atom. The van der Waals surface area contributed by atoms with Gasteiger partial charge in [-0.15, -0.1) is 0 Å². The molecule has 1 aromatic heterocycles. The molecule has 0 spiro atoms. The Balaban J connectivity index is 1.36. The van der Waals surface area contributed by atoms with Gasteiger partial charge in [0, 0.05) is 16.2 Å². The van der Waals surface area contributed by atoms with Crippen LogP contribution < -0.4 is 25.9 Å². The van der Waals surface area contributed by atoms with Crippen molar-refractivity contribution in [3.63, 3.8) is 0 Å². The first-order chi connectivity index (χ1) is 16.8. The molecule has 0 atom stereocenters. The van der Waals surface area contributed by atoms with E-state index < -0.39 is 0 Å². The summed E-state index contributed by atoms with van der Waals surface area (Å²) in [4.78, 5) is 0. The van der Waals surface area contributed by atoms with Crippen LogP contribution in [-0.4, -0.2) is 6.71 Å². The third-order valence-corrected chi connectivity index (χ3v) is 7.02. The number of fused-ring (bicyclic) bond motifs is 7. The minimum atomic E-state index is 0.0829. The fourth-order valence-electron chi connectivity index (χ4n) is 5.56. The fraction of sp³-hybridized carbons (Fsp3) is 0. The van der Waals surface area contributed by atoms with E-state index in [2.05, 4.69) is 54.6 Å². The predicted octanol–water partition coefficient (Wildman–Crippen LogP) is 5.98. The summed E-state index contributed by atoms with van der Waals surface area (Å²) in [6.07, 6.45) is 0. The zero-order chi connectivity index (χ0) is 22.2. The lowest BCUT2D eigenvalue weighted by Gasteiger charge is -2.32. The molecule has 0 fully saturated rings. The maximum atomic E-state index is 6.48. The molecular formula is C30H17BO3. The number of para-hydroxylation sites is 2. The SMILES string of the molecule is c1ccc2c(c1)Oc1cccc3c1B2c1ccc(-c2cccc4oc5ccccc5c24)cc1O3. The number of ether oxygens (including phenoxy) is 2. The van der Waals surface area contributed by atoms with Gasteiger partial charge in [-0.05, 0) is 58.5 Å². The van der Waals surface area contributed by atoms with E-state index in [0.717, 1.165) is 67.0 Å². The minimum absolute atomic E-state index is 0.0829. The standard InChI is InChI=1S/C30H17BO3/c1-3-10-23-20(7-1)29-19(8-5-12-25(29)32-23)18-15-16-22-28(17-18)34-27-14-6-13-26-30(27)31(22)21-9-2-4-11-24(21)33-26/h1-17H. The molecule has 34 heavy (non-hydrogen) atoms. The quantitative estimate of drug-likeness (QED) is 0.297. The number of hydrogen-bond donors (Lipinski definition) is 0. The second kappa shape index (κ2) is 6.55. The average Bonchev–Trinajstić information content (AvgIpc) is 3.27. The topological polar surface area (TPSA) is 31.6 Å². The Morgan fingerprint density at radius 1 is 0.529 bits per heavy atom. The Bertz CT molecular complexity index is 1780. The fourth-order valence-corrected chi connectivity index (χ4v) is 5.56. The van der Waals surface area contributed by atoms with Crippen molar-refractivity contribution >= 4 is 45.0 Å². The van der Waals surface area contributed by atoms with Crippen LogP contribution in [0.25, 0.3) is 33.1 Å². The van der Waals surface area contributed by atoms with E-state index in [4.69, 9.17) is 13.9 Å². The van der Waals surface area contributed by atoms with E-state index >= 15 is 0 Å². The molecule has 0 saturated heterocycles. The zero-order valence-corrected chi connectivity index (χ0v) is 18.1. The van der Waals surface area contributed by atoms with E-state index in [1.165, 1.54) is 5.46 Å². The van der Waals surface area contributed by atoms with Gasteiger partial charge >= 0.3 is 0 Å². The van der Waals surface area contributed by atoms with Crippen LogP contribution in [0.4, 0.5) is 0 Å². The van der Waals surface area contributed by atoms with Crippen molar-refractivity contribution < 1.29 is 13.9 Å². The summed E-state index contributed by atoms with van der Waals surface area (Å²) >= 11 is 0. The van der Waals surface area contributed by atoms with Crippen LogP contribution in [0, 0.1) is 0 Å². The second-order valence-corrected chi connectivity index (χ2v) is 8.87. The highest BCUT2D eigenvalue weighted by atomic mass is 16.5. The van der Waals surface area contributed by atoms with Gasteiger partial charge in [0.1, 0.15) is 34.2 Å². The highest BCUT2D eigenvalue weighted by Gasteiger charge is 2.39. The van der Waals surface area contributed by atoms with E-state index in [0.29, 0.717) is 0 Å². The number of hydrogen-bond acceptors (Lipinski definition) is 3. The first-order valence-corrected chi connectivity index (χ1v) is 11.5. The molecule has 0 aliphatic carbocycles. The van der Waals surface area contributed by atoms with E-state index in [1.54, 1.807) is 0 Å². The number of furan rings is 1. The minimum Gasteiger partial charge on any atom is -0.458 e. The highest BCUT2D eigenvalue weighted by Crippen LogP contribution is 2.39. The van der Waals surface area contributed by atoms with Gasteiger partial charge in [-0.1, -0.05) is 66.7 Å². The van der Waals surface area contributed by atoms with Gasteiger partial charge in [-0.3, -0.25) is 0 Å². The lowest BCUT2D eigenvalue weighted by atomic mass is 9.35. The summed E-state index contributed by atoms with van der Waals surface area (Å²) in [7, 11) is 0. The van der Waals surface area contributed by atoms with Gasteiger partial charge in [0.2, 0.25) is 0 Å². The molecule has 2 aliphatic rings. The molecule has 6 aromatic rings. The van der Waals surface area contributed by atoms with Crippen molar-refractivity contribution in [1.82, 2.24) is 0 Å². The monoisotopic (exact) mass is 436 g/mol. The van der Waals surface area contributed by atoms with Crippen LogP contribution in [0.5, 0.6) is 23.0 Å². The Labute approximate surface area is 196 Å². The Morgan fingerprint density at radius 2 is 1.24 bits per heavy atom. The van der Waals surface area contributed by atoms with Crippen molar-refractivity contribution in [2.45, 2.75) is 0 Å². The number of rotatable bonds is 1. The lowest BCUT2D eigenvalue weighted by molar-refractivity contribution is 0.464. The molecule has 158 valence electrons. The number of benzene rings is 5. The second-order valence-electron chi connectivity index (χ2n) is 8.87. The largest absolute Gasteiger partial charge is 0.458 e. The van der Waals surface area contributed by atoms with Crippen LogP contribution in [-0.2, 0) is 0 Å². The normalized spacial score (nSPS) is 13.1. The first kappa shape index (κ1) is 18.0. The van der Waals surface area contributed by atoms with Crippen molar-refractivity contribution in [3.05, 3.63) is 103 Å². The summed E-state index contributed by atoms with van der Waals surface area (Å²) in [5, 5.41) is 2.26. The van der Waals surface area contributed by atoms with Gasteiger partial charge in [0.05, 0.1) is 0 Å². The zero-order valence-electron chi connectivity index (χ0n) is 18.1. The van der Waals surface area contributed by atoms with Crippen LogP contribution in [0.3, 0.4) is 0 Å². The average molecular weight is 436 g/mol. The highest BCUT2D eigenvalue weighted by molar-refractivity contribution is 6.98. The smallest absolute Gasteiger partial charge is 0.260 e. The third-order valence-electron chi connectivity index (χ3n) is 7.02. The summed E-state index contributed by atoms with van der Waals surface area (Å²) < 4.78 is 18.8. The van der Waals surface area contributed by atoms with Gasteiger partial charge < -0.3 is 13.9 Å². The third kappa shape index (κ3) is 2.37. The van der Waals surface area contributed by atoms with Gasteiger partial charge in [0.25, 0.3) is 6.71 Å². The molecular weight excluding hydrogens is 419 g/mol. The van der Waals surface area contributed by atoms with E-state index in [9.17, 15) is 0 Å². The summed E-state index contributed by atoms with van der Waals surface area (Å²) in [5.74, 6) is 3.51. The van der Waals surface area contributed by atoms with Crippen LogP contribution in [0.15, 0.2) is 108 Å². The molecule has 0 amide bonds. The maximum absolute atomic E-state index is 6.48. The molecule has 0 radical (unpaired) electrons. The molecule has 0 N–H and O–H groups in total. The molecule has 4 heteroatoms. The van der Waals surface area contributed by atoms with Crippen molar-refractivity contribution in [3.8, 4) is 34.1 Å². The molecule has 3 nitrogen and oxygen atoms in total. The van der Waals surface area contributed by atoms with Crippen molar-refractivity contribution in [1.29, 1.82) is 0 Å². The van der Waals surface area contributed by atoms with E-state index in [1.807, 2.05) is 48.5 Å². The summed E-state index contributed by atoms with van der Waals surface area (Å²) in [6.45, 7) is 0.0829. The van der Waals surface area contributed by atoms with Gasteiger partial charge in [-0.25, -0.2) is 0 Å².